The Morgan fingerprint density at radius 1 is 1.00 bits per heavy atom. The summed E-state index contributed by atoms with van der Waals surface area (Å²) in [4.78, 5) is 4.32. The highest BCUT2D eigenvalue weighted by Gasteiger charge is 2.12. The Labute approximate surface area is 186 Å². The fraction of sp³-hybridized carbons (Fsp3) is 0.148. The van der Waals surface area contributed by atoms with E-state index in [2.05, 4.69) is 58.2 Å². The van der Waals surface area contributed by atoms with Crippen molar-refractivity contribution in [2.45, 2.75) is 19.9 Å². The van der Waals surface area contributed by atoms with Gasteiger partial charge >= 0.3 is 0 Å². The Kier molecular flexibility index (Phi) is 5.23. The van der Waals surface area contributed by atoms with Crippen molar-refractivity contribution >= 4 is 10.9 Å². The lowest BCUT2D eigenvalue weighted by Crippen LogP contribution is -2.00. The van der Waals surface area contributed by atoms with Crippen LogP contribution in [0.4, 0.5) is 4.39 Å². The molecule has 0 radical (unpaired) electrons. The van der Waals surface area contributed by atoms with Crippen LogP contribution < -0.4 is 4.74 Å². The standard InChI is InChI=1S/C27H24FN3O/c1-19-17-31(18-29-19)26-11-8-21(16-27(26)32-2)23-4-3-5-25-24(23)13-15-30(25)14-12-20-6-9-22(28)10-7-20/h3-11,13,15-18H,12,14H2,1-2H3. The first-order valence-electron chi connectivity index (χ1n) is 10.6. The number of benzene rings is 3. The molecule has 0 aliphatic rings. The van der Waals surface area contributed by atoms with Crippen LogP contribution in [-0.4, -0.2) is 21.2 Å². The van der Waals surface area contributed by atoms with Crippen molar-refractivity contribution in [2.24, 2.45) is 0 Å². The molecule has 0 N–H and O–H groups in total. The zero-order chi connectivity index (χ0) is 22.1. The fourth-order valence-electron chi connectivity index (χ4n) is 4.18. The van der Waals surface area contributed by atoms with E-state index >= 15 is 0 Å². The van der Waals surface area contributed by atoms with E-state index in [1.165, 1.54) is 23.0 Å². The minimum absolute atomic E-state index is 0.200. The molecule has 0 amide bonds. The minimum Gasteiger partial charge on any atom is -0.495 e. The van der Waals surface area contributed by atoms with E-state index in [1.807, 2.05) is 29.8 Å². The second-order valence-corrected chi connectivity index (χ2v) is 7.93. The van der Waals surface area contributed by atoms with Gasteiger partial charge in [-0.15, -0.1) is 0 Å². The summed E-state index contributed by atoms with van der Waals surface area (Å²) in [6.45, 7) is 2.81. The first-order valence-corrected chi connectivity index (χ1v) is 10.6. The molecule has 5 aromatic rings. The van der Waals surface area contributed by atoms with Crippen molar-refractivity contribution in [3.63, 3.8) is 0 Å². The van der Waals surface area contributed by atoms with Gasteiger partial charge in [0.25, 0.3) is 0 Å². The largest absolute Gasteiger partial charge is 0.495 e. The number of rotatable bonds is 6. The summed E-state index contributed by atoms with van der Waals surface area (Å²) < 4.78 is 23.1. The van der Waals surface area contributed by atoms with Crippen LogP contribution in [0.1, 0.15) is 11.3 Å². The third-order valence-electron chi connectivity index (χ3n) is 5.85. The summed E-state index contributed by atoms with van der Waals surface area (Å²) in [5, 5.41) is 1.19. The molecule has 5 heteroatoms. The number of fused-ring (bicyclic) bond motifs is 1. The third-order valence-corrected chi connectivity index (χ3v) is 5.85. The Balaban J connectivity index is 1.47. The van der Waals surface area contributed by atoms with Crippen molar-refractivity contribution in [3.05, 3.63) is 103 Å². The van der Waals surface area contributed by atoms with Crippen molar-refractivity contribution < 1.29 is 9.13 Å². The number of imidazole rings is 1. The summed E-state index contributed by atoms with van der Waals surface area (Å²) >= 11 is 0. The summed E-state index contributed by atoms with van der Waals surface area (Å²) in [6.07, 6.45) is 6.76. The Hall–Kier alpha value is -3.86. The van der Waals surface area contributed by atoms with E-state index < -0.39 is 0 Å². The number of nitrogens with zero attached hydrogens (tertiary/aromatic N) is 3. The van der Waals surface area contributed by atoms with Crippen molar-refractivity contribution in [3.8, 4) is 22.6 Å². The predicted octanol–water partition coefficient (Wildman–Crippen LogP) is 6.19. The van der Waals surface area contributed by atoms with Crippen LogP contribution >= 0.6 is 0 Å². The smallest absolute Gasteiger partial charge is 0.143 e. The second kappa shape index (κ2) is 8.35. The van der Waals surface area contributed by atoms with Crippen LogP contribution in [0, 0.1) is 12.7 Å². The molecule has 4 nitrogen and oxygen atoms in total. The Morgan fingerprint density at radius 2 is 1.84 bits per heavy atom. The van der Waals surface area contributed by atoms with E-state index in [4.69, 9.17) is 4.74 Å². The van der Waals surface area contributed by atoms with E-state index in [1.54, 1.807) is 13.4 Å². The van der Waals surface area contributed by atoms with Crippen LogP contribution in [0.25, 0.3) is 27.7 Å². The van der Waals surface area contributed by atoms with Crippen molar-refractivity contribution in [1.82, 2.24) is 14.1 Å². The third kappa shape index (κ3) is 3.78. The number of aryl methyl sites for hydroxylation is 3. The molecule has 2 aromatic heterocycles. The van der Waals surface area contributed by atoms with Crippen molar-refractivity contribution in [2.75, 3.05) is 7.11 Å². The molecule has 0 aliphatic heterocycles. The van der Waals surface area contributed by atoms with E-state index in [0.29, 0.717) is 0 Å². The lowest BCUT2D eigenvalue weighted by atomic mass is 10.0. The second-order valence-electron chi connectivity index (χ2n) is 7.93. The maximum atomic E-state index is 13.2. The maximum Gasteiger partial charge on any atom is 0.143 e. The number of methoxy groups -OCH3 is 1. The molecule has 0 bridgehead atoms. The highest BCUT2D eigenvalue weighted by molar-refractivity contribution is 5.96. The van der Waals surface area contributed by atoms with Gasteiger partial charge in [-0.05, 0) is 66.4 Å². The number of halogens is 1. The highest BCUT2D eigenvalue weighted by Crippen LogP contribution is 2.34. The molecular formula is C27H24FN3O. The monoisotopic (exact) mass is 425 g/mol. The van der Waals surface area contributed by atoms with Gasteiger partial charge in [0, 0.05) is 29.8 Å². The van der Waals surface area contributed by atoms with Crippen LogP contribution in [0.5, 0.6) is 5.75 Å². The molecule has 0 saturated heterocycles. The summed E-state index contributed by atoms with van der Waals surface area (Å²) in [5.41, 5.74) is 6.49. The number of ether oxygens (including phenoxy) is 1. The minimum atomic E-state index is -0.200. The maximum absolute atomic E-state index is 13.2. The molecule has 160 valence electrons. The predicted molar refractivity (Wildman–Crippen MR) is 126 cm³/mol. The van der Waals surface area contributed by atoms with Crippen LogP contribution in [0.2, 0.25) is 0 Å². The molecule has 0 atom stereocenters. The average molecular weight is 426 g/mol. The number of aromatic nitrogens is 3. The van der Waals surface area contributed by atoms with Gasteiger partial charge in [-0.3, -0.25) is 0 Å². The number of hydrogen-bond donors (Lipinski definition) is 0. The van der Waals surface area contributed by atoms with Gasteiger partial charge < -0.3 is 13.9 Å². The molecule has 32 heavy (non-hydrogen) atoms. The van der Waals surface area contributed by atoms with Gasteiger partial charge in [0.1, 0.15) is 11.6 Å². The first-order chi connectivity index (χ1) is 15.6. The van der Waals surface area contributed by atoms with E-state index in [9.17, 15) is 4.39 Å². The zero-order valence-corrected chi connectivity index (χ0v) is 18.1. The van der Waals surface area contributed by atoms with E-state index in [0.717, 1.165) is 46.8 Å². The van der Waals surface area contributed by atoms with Gasteiger partial charge in [-0.2, -0.15) is 0 Å². The fourth-order valence-corrected chi connectivity index (χ4v) is 4.18. The molecule has 0 unspecified atom stereocenters. The van der Waals surface area contributed by atoms with Gasteiger partial charge in [0.05, 0.1) is 24.8 Å². The molecule has 0 saturated carbocycles. The molecule has 2 heterocycles. The first kappa shape index (κ1) is 20.1. The van der Waals surface area contributed by atoms with E-state index in [-0.39, 0.29) is 5.82 Å². The number of hydrogen-bond acceptors (Lipinski definition) is 2. The Bertz CT molecular complexity index is 1380. The summed E-state index contributed by atoms with van der Waals surface area (Å²) in [6, 6.07) is 21.5. The zero-order valence-electron chi connectivity index (χ0n) is 18.1. The molecule has 5 rings (SSSR count). The SMILES string of the molecule is COc1cc(-c2cccc3c2ccn3CCc2ccc(F)cc2)ccc1-n1cnc(C)c1. The van der Waals surface area contributed by atoms with Crippen LogP contribution in [0.15, 0.2) is 85.5 Å². The normalized spacial score (nSPS) is 11.2. The highest BCUT2D eigenvalue weighted by atomic mass is 19.1. The van der Waals surface area contributed by atoms with Gasteiger partial charge in [-0.1, -0.05) is 30.3 Å². The average Bonchev–Trinajstić information content (AvgIpc) is 3.44. The lowest BCUT2D eigenvalue weighted by Gasteiger charge is -2.12. The summed E-state index contributed by atoms with van der Waals surface area (Å²) in [5.74, 6) is 0.599. The molecule has 0 aliphatic carbocycles. The van der Waals surface area contributed by atoms with Gasteiger partial charge in [0.15, 0.2) is 0 Å². The molecule has 0 spiro atoms. The molecule has 3 aromatic carbocycles. The quantitative estimate of drug-likeness (QED) is 0.325. The summed E-state index contributed by atoms with van der Waals surface area (Å²) in [7, 11) is 1.69. The lowest BCUT2D eigenvalue weighted by molar-refractivity contribution is 0.413. The molecule has 0 fully saturated rings. The van der Waals surface area contributed by atoms with Crippen LogP contribution in [-0.2, 0) is 13.0 Å². The molecular weight excluding hydrogens is 401 g/mol. The van der Waals surface area contributed by atoms with Gasteiger partial charge in [-0.25, -0.2) is 9.37 Å². The van der Waals surface area contributed by atoms with Gasteiger partial charge in [0.2, 0.25) is 0 Å². The van der Waals surface area contributed by atoms with Crippen LogP contribution in [0.3, 0.4) is 0 Å². The topological polar surface area (TPSA) is 32.0 Å². The van der Waals surface area contributed by atoms with Crippen molar-refractivity contribution in [1.29, 1.82) is 0 Å². The Morgan fingerprint density at radius 3 is 2.59 bits per heavy atom.